The van der Waals surface area contributed by atoms with Gasteiger partial charge >= 0.3 is 5.97 Å². The van der Waals surface area contributed by atoms with Crippen molar-refractivity contribution in [2.24, 2.45) is 0 Å². The molecule has 1 saturated heterocycles. The predicted molar refractivity (Wildman–Crippen MR) is 49.3 cm³/mol. The molecule has 7 nitrogen and oxygen atoms in total. The van der Waals surface area contributed by atoms with Crippen molar-refractivity contribution in [3.8, 4) is 0 Å². The van der Waals surface area contributed by atoms with Crippen molar-refractivity contribution in [2.75, 3.05) is 6.61 Å². The highest BCUT2D eigenvalue weighted by Crippen LogP contribution is 2.33. The first-order chi connectivity index (χ1) is 6.84. The van der Waals surface area contributed by atoms with Gasteiger partial charge < -0.3 is 30.3 Å². The van der Waals surface area contributed by atoms with Crippen LogP contribution in [-0.4, -0.2) is 67.5 Å². The minimum absolute atomic E-state index is 0.694. The van der Waals surface area contributed by atoms with Crippen LogP contribution in [0.25, 0.3) is 0 Å². The number of carbonyl (C=O) groups is 1. The molecule has 0 spiro atoms. The Morgan fingerprint density at radius 2 is 1.87 bits per heavy atom. The maximum absolute atomic E-state index is 10.8. The lowest BCUT2D eigenvalue weighted by atomic mass is 9.94. The Labute approximate surface area is 90.3 Å². The van der Waals surface area contributed by atoms with Crippen LogP contribution >= 0.6 is 12.6 Å². The summed E-state index contributed by atoms with van der Waals surface area (Å²) in [5, 5.41) is 45.5. The molecule has 0 radical (unpaired) electrons. The second-order valence-electron chi connectivity index (χ2n) is 3.27. The number of aliphatic hydroxyl groups is 4. The summed E-state index contributed by atoms with van der Waals surface area (Å²) in [6.07, 6.45) is -6.51. The van der Waals surface area contributed by atoms with Gasteiger partial charge in [0.15, 0.2) is 0 Å². The molecule has 1 fully saturated rings. The highest BCUT2D eigenvalue weighted by Gasteiger charge is 2.56. The van der Waals surface area contributed by atoms with Gasteiger partial charge in [0.05, 0.1) is 6.61 Å². The number of aliphatic hydroxyl groups excluding tert-OH is 4. The molecule has 0 aromatic rings. The Morgan fingerprint density at radius 1 is 1.33 bits per heavy atom. The van der Waals surface area contributed by atoms with Crippen molar-refractivity contribution in [2.45, 2.75) is 29.3 Å². The second-order valence-corrected chi connectivity index (χ2v) is 3.93. The zero-order valence-electron chi connectivity index (χ0n) is 7.52. The molecule has 1 rings (SSSR count). The Kier molecular flexibility index (Phi) is 3.59. The van der Waals surface area contributed by atoms with Crippen molar-refractivity contribution in [1.82, 2.24) is 0 Å². The van der Waals surface area contributed by atoms with Gasteiger partial charge in [0.2, 0.25) is 4.93 Å². The fourth-order valence-electron chi connectivity index (χ4n) is 1.33. The summed E-state index contributed by atoms with van der Waals surface area (Å²) in [6.45, 7) is -0.694. The lowest BCUT2D eigenvalue weighted by molar-refractivity contribution is -0.244. The molecule has 1 aliphatic rings. The molecule has 0 aliphatic carbocycles. The number of rotatable bonds is 2. The normalized spacial score (nSPS) is 46.5. The maximum atomic E-state index is 10.8. The van der Waals surface area contributed by atoms with E-state index in [9.17, 15) is 20.1 Å². The molecule has 0 aromatic carbocycles. The number of ether oxygens (including phenoxy) is 1. The zero-order chi connectivity index (χ0) is 11.8. The third-order valence-electron chi connectivity index (χ3n) is 2.27. The number of hydrogen-bond acceptors (Lipinski definition) is 7. The molecule has 8 heteroatoms. The summed E-state index contributed by atoms with van der Waals surface area (Å²) < 4.78 is 4.73. The first kappa shape index (κ1) is 12.7. The van der Waals surface area contributed by atoms with Gasteiger partial charge in [-0.25, -0.2) is 4.79 Å². The van der Waals surface area contributed by atoms with Crippen LogP contribution in [0.15, 0.2) is 0 Å². The molecule has 0 amide bonds. The van der Waals surface area contributed by atoms with Crippen molar-refractivity contribution < 1.29 is 35.1 Å². The number of aliphatic carboxylic acids is 1. The van der Waals surface area contributed by atoms with E-state index in [2.05, 4.69) is 12.6 Å². The topological polar surface area (TPSA) is 127 Å². The average molecular weight is 240 g/mol. The smallest absolute Gasteiger partial charge is 0.349 e. The van der Waals surface area contributed by atoms with Gasteiger partial charge in [-0.2, -0.15) is 0 Å². The van der Waals surface area contributed by atoms with E-state index in [1.54, 1.807) is 0 Å². The number of hydrogen-bond donors (Lipinski definition) is 6. The second kappa shape index (κ2) is 4.24. The highest BCUT2D eigenvalue weighted by molar-refractivity contribution is 7.82. The predicted octanol–water partition coefficient (Wildman–Crippen LogP) is -2.83. The monoisotopic (exact) mass is 240 g/mol. The van der Waals surface area contributed by atoms with Crippen LogP contribution in [0.5, 0.6) is 0 Å². The molecule has 0 unspecified atom stereocenters. The van der Waals surface area contributed by atoms with Crippen LogP contribution in [0.4, 0.5) is 0 Å². The average Bonchev–Trinajstić information content (AvgIpc) is 2.20. The number of carboxylic acids is 1. The molecule has 5 N–H and O–H groups in total. The molecule has 0 saturated carbocycles. The summed E-state index contributed by atoms with van der Waals surface area (Å²) >= 11 is 3.60. The fraction of sp³-hybridized carbons (Fsp3) is 0.857. The summed E-state index contributed by atoms with van der Waals surface area (Å²) in [5.41, 5.74) is 0. The Morgan fingerprint density at radius 3 is 2.27 bits per heavy atom. The van der Waals surface area contributed by atoms with Gasteiger partial charge in [-0.1, -0.05) is 0 Å². The standard InChI is InChI=1S/C7H12O7S/c8-1-2-3(9)4(10)5(11)7(15,14-2)6(12)13/h2-5,8-11,15H,1H2,(H,12,13)/t2-,3-,4+,5-,7+/m1/s1. The van der Waals surface area contributed by atoms with Crippen LogP contribution in [0.1, 0.15) is 0 Å². The van der Waals surface area contributed by atoms with E-state index in [0.29, 0.717) is 0 Å². The zero-order valence-corrected chi connectivity index (χ0v) is 8.41. The first-order valence-electron chi connectivity index (χ1n) is 4.13. The van der Waals surface area contributed by atoms with Crippen LogP contribution in [-0.2, 0) is 9.53 Å². The van der Waals surface area contributed by atoms with Gasteiger partial charge in [0.1, 0.15) is 24.4 Å². The van der Waals surface area contributed by atoms with Crippen molar-refractivity contribution in [3.63, 3.8) is 0 Å². The van der Waals surface area contributed by atoms with Gasteiger partial charge in [-0.15, -0.1) is 12.6 Å². The third-order valence-corrected chi connectivity index (χ3v) is 2.83. The van der Waals surface area contributed by atoms with E-state index in [1.807, 2.05) is 0 Å². The lowest BCUT2D eigenvalue weighted by Crippen LogP contribution is -2.65. The summed E-state index contributed by atoms with van der Waals surface area (Å²) in [5.74, 6) is -1.61. The minimum Gasteiger partial charge on any atom is -0.478 e. The quantitative estimate of drug-likeness (QED) is 0.287. The third kappa shape index (κ3) is 1.96. The van der Waals surface area contributed by atoms with E-state index < -0.39 is 41.9 Å². The molecule has 0 aromatic heterocycles. The highest BCUT2D eigenvalue weighted by atomic mass is 32.1. The summed E-state index contributed by atoms with van der Waals surface area (Å²) in [4.78, 5) is 8.42. The van der Waals surface area contributed by atoms with Gasteiger partial charge in [0.25, 0.3) is 0 Å². The lowest BCUT2D eigenvalue weighted by Gasteiger charge is -2.43. The molecule has 5 atom stereocenters. The van der Waals surface area contributed by atoms with Crippen molar-refractivity contribution in [3.05, 3.63) is 0 Å². The summed E-state index contributed by atoms with van der Waals surface area (Å²) in [6, 6.07) is 0. The van der Waals surface area contributed by atoms with Crippen LogP contribution in [0, 0.1) is 0 Å². The Hall–Kier alpha value is -0.380. The molecular formula is C7H12O7S. The largest absolute Gasteiger partial charge is 0.478 e. The number of thiol groups is 1. The molecule has 88 valence electrons. The van der Waals surface area contributed by atoms with Gasteiger partial charge in [-0.3, -0.25) is 0 Å². The van der Waals surface area contributed by atoms with E-state index in [1.165, 1.54) is 0 Å². The Bertz CT molecular complexity index is 258. The SMILES string of the molecule is O=C(O)[C@]1(S)O[C@H](CO)[C@@H](O)[C@H](O)[C@H]1O. The van der Waals surface area contributed by atoms with Crippen molar-refractivity contribution >= 4 is 18.6 Å². The van der Waals surface area contributed by atoms with Crippen molar-refractivity contribution in [1.29, 1.82) is 0 Å². The maximum Gasteiger partial charge on any atom is 0.349 e. The van der Waals surface area contributed by atoms with E-state index in [-0.39, 0.29) is 0 Å². The molecule has 1 heterocycles. The Balaban J connectivity index is 2.97. The number of carboxylic acid groups (broad SMARTS) is 1. The molecule has 1 aliphatic heterocycles. The van der Waals surface area contributed by atoms with Gasteiger partial charge in [0, 0.05) is 0 Å². The van der Waals surface area contributed by atoms with E-state index >= 15 is 0 Å². The molecular weight excluding hydrogens is 228 g/mol. The van der Waals surface area contributed by atoms with Gasteiger partial charge in [-0.05, 0) is 0 Å². The fourth-order valence-corrected chi connectivity index (χ4v) is 1.62. The molecule has 15 heavy (non-hydrogen) atoms. The van der Waals surface area contributed by atoms with Crippen LogP contribution in [0.3, 0.4) is 0 Å². The van der Waals surface area contributed by atoms with Crippen LogP contribution in [0.2, 0.25) is 0 Å². The molecule has 0 bridgehead atoms. The minimum atomic E-state index is -2.34. The van der Waals surface area contributed by atoms with E-state index in [4.69, 9.17) is 14.9 Å². The van der Waals surface area contributed by atoms with Crippen LogP contribution < -0.4 is 0 Å². The summed E-state index contributed by atoms with van der Waals surface area (Å²) in [7, 11) is 0. The van der Waals surface area contributed by atoms with E-state index in [0.717, 1.165) is 0 Å². The first-order valence-corrected chi connectivity index (χ1v) is 4.58.